The summed E-state index contributed by atoms with van der Waals surface area (Å²) in [6.07, 6.45) is 2.03. The molecule has 23 heteroatoms. The van der Waals surface area contributed by atoms with Gasteiger partial charge in [-0.25, -0.2) is 30.7 Å². The Morgan fingerprint density at radius 2 is 0.589 bits per heavy atom. The smallest absolute Gasteiger partial charge is 0.362 e. The predicted molar refractivity (Wildman–Crippen MR) is 491 cm³/mol. The standard InChI is InChI=1S/C16H17BFNO.C15H14BFO2.C15H12BFO.3C14H12BFO.C13H10BFO/c1-19(2)10-12-3-5-14(6-4-12)17-16-8-7-15(18)9-13(16)11-20-17;1-10-7-12(3-6-15(10)18-2)16-14-5-4-13(17)8-11(14)9-19-16;17-14-6-7-15-13(10-14)11-18-16(15)9-8-12-4-2-1-3-5-12;1-10-2-4-12(5-3-10)15-14-7-6-13(16)8-11(14)9-17-15;2*1-10-3-2-4-12(7-10)15-14-6-5-13(16)8-11(14)9-17-15;15-12-6-7-13-10(8-12)9-16-14(13)11-4-2-1-3-5-11/h3-9H,10-11H2,1-2H3;3-8H,9H2,1-2H3;1-10H,11H2;3*2-8H,9H2,1H3;1-8H,9H2/b;;9-8+;;;;. The van der Waals surface area contributed by atoms with Gasteiger partial charge in [0.2, 0.25) is 0 Å². The van der Waals surface area contributed by atoms with E-state index in [0.717, 1.165) is 133 Å². The van der Waals surface area contributed by atoms with Crippen LogP contribution in [0, 0.1) is 68.4 Å². The summed E-state index contributed by atoms with van der Waals surface area (Å²) in [5.41, 5.74) is 28.0. The minimum absolute atomic E-state index is 0.0446. The van der Waals surface area contributed by atoms with Gasteiger partial charge in [0, 0.05) is 6.54 Å². The van der Waals surface area contributed by atoms with Gasteiger partial charge in [0.15, 0.2) is 0 Å². The first kappa shape index (κ1) is 87.2. The van der Waals surface area contributed by atoms with Crippen molar-refractivity contribution in [3.63, 3.8) is 0 Å². The van der Waals surface area contributed by atoms with Crippen molar-refractivity contribution in [2.24, 2.45) is 0 Å². The van der Waals surface area contributed by atoms with Crippen LogP contribution in [0.1, 0.15) is 72.3 Å². The number of rotatable bonds is 11. The fourth-order valence-electron chi connectivity index (χ4n) is 16.4. The zero-order chi connectivity index (χ0) is 86.3. The second-order valence-electron chi connectivity index (χ2n) is 31.9. The Balaban J connectivity index is 0.000000112. The summed E-state index contributed by atoms with van der Waals surface area (Å²) in [7, 11) is 5.77. The first-order valence-electron chi connectivity index (χ1n) is 41.4. The van der Waals surface area contributed by atoms with E-state index in [0.29, 0.717) is 46.2 Å². The van der Waals surface area contributed by atoms with E-state index in [4.69, 9.17) is 37.3 Å². The summed E-state index contributed by atoms with van der Waals surface area (Å²) >= 11 is 0. The maximum absolute atomic E-state index is 13.2. The van der Waals surface area contributed by atoms with Crippen molar-refractivity contribution in [3.05, 3.63) is 422 Å². The van der Waals surface area contributed by atoms with E-state index in [-0.39, 0.29) is 89.1 Å². The number of aryl methyl sites for hydroxylation is 4. The quantitative estimate of drug-likeness (QED) is 0.0929. The van der Waals surface area contributed by atoms with Crippen LogP contribution < -0.4 is 75.8 Å². The number of hydrogen-bond acceptors (Lipinski definition) is 9. The summed E-state index contributed by atoms with van der Waals surface area (Å²) in [4.78, 5) is 2.14. The molecule has 0 atom stereocenters. The number of benzene rings is 14. The predicted octanol–water partition coefficient (Wildman–Crippen LogP) is 12.9. The number of ether oxygens (including phenoxy) is 1. The van der Waals surface area contributed by atoms with E-state index in [1.165, 1.54) is 64.7 Å². The summed E-state index contributed by atoms with van der Waals surface area (Å²) in [6, 6.07) is 93.3. The first-order chi connectivity index (χ1) is 60.2. The minimum atomic E-state index is -0.214. The highest BCUT2D eigenvalue weighted by atomic mass is 19.2. The van der Waals surface area contributed by atoms with Crippen molar-refractivity contribution in [3.8, 4) is 5.75 Å². The molecule has 0 spiro atoms. The highest BCUT2D eigenvalue weighted by molar-refractivity contribution is 6.84. The van der Waals surface area contributed by atoms with Gasteiger partial charge < -0.3 is 42.2 Å². The molecular weight excluding hydrogens is 1560 g/mol. The summed E-state index contributed by atoms with van der Waals surface area (Å²) in [6.45, 7) is 12.1. The van der Waals surface area contributed by atoms with Crippen LogP contribution in [0.25, 0.3) is 6.08 Å². The van der Waals surface area contributed by atoms with Gasteiger partial charge in [-0.1, -0.05) is 241 Å². The molecule has 0 radical (unpaired) electrons. The number of hydrogen-bond donors (Lipinski definition) is 0. The third-order valence-corrected chi connectivity index (χ3v) is 22.5. The lowest BCUT2D eigenvalue weighted by Gasteiger charge is -2.11. The van der Waals surface area contributed by atoms with Gasteiger partial charge in [-0.2, -0.15) is 0 Å². The van der Waals surface area contributed by atoms with Crippen molar-refractivity contribution in [2.45, 2.75) is 80.5 Å². The number of nitrogens with zero attached hydrogens (tertiary/aromatic N) is 1. The monoisotopic (exact) mass is 1650 g/mol. The lowest BCUT2D eigenvalue weighted by Crippen LogP contribution is -2.41. The van der Waals surface area contributed by atoms with Gasteiger partial charge in [0.25, 0.3) is 0 Å². The van der Waals surface area contributed by atoms with Gasteiger partial charge in [0.1, 0.15) is 46.5 Å². The Labute approximate surface area is 724 Å². The lowest BCUT2D eigenvalue weighted by molar-refractivity contribution is 0.336. The molecule has 7 aliphatic rings. The van der Waals surface area contributed by atoms with Crippen molar-refractivity contribution < 1.29 is 68.1 Å². The highest BCUT2D eigenvalue weighted by Crippen LogP contribution is 2.23. The molecular formula is C101H89B7F7NO8. The molecule has 14 aromatic carbocycles. The van der Waals surface area contributed by atoms with Crippen molar-refractivity contribution >= 4 is 126 Å². The van der Waals surface area contributed by atoms with Gasteiger partial charge >= 0.3 is 48.4 Å². The molecule has 0 aliphatic carbocycles. The van der Waals surface area contributed by atoms with Crippen LogP contribution >= 0.6 is 0 Å². The van der Waals surface area contributed by atoms with Gasteiger partial charge in [0.05, 0.1) is 53.4 Å². The molecule has 14 aromatic rings. The average Bonchev–Trinajstić information content (AvgIpc) is 1.48. The average molecular weight is 1650 g/mol. The molecule has 21 rings (SSSR count). The third-order valence-electron chi connectivity index (χ3n) is 22.5. The maximum Gasteiger partial charge on any atom is 0.362 e. The molecule has 0 amide bonds. The van der Waals surface area contributed by atoms with Crippen LogP contribution in [-0.2, 0) is 85.4 Å². The van der Waals surface area contributed by atoms with E-state index >= 15 is 0 Å². The molecule has 616 valence electrons. The molecule has 0 bridgehead atoms. The van der Waals surface area contributed by atoms with E-state index < -0.39 is 0 Å². The fraction of sp³-hybridized carbons (Fsp3) is 0.149. The molecule has 0 fully saturated rings. The first-order valence-corrected chi connectivity index (χ1v) is 41.4. The molecule has 7 aliphatic heterocycles. The Kier molecular flexibility index (Phi) is 28.6. The molecule has 7 heterocycles. The Bertz CT molecular complexity index is 5980. The second kappa shape index (κ2) is 40.7. The normalized spacial score (nSPS) is 13.9. The molecule has 9 nitrogen and oxygen atoms in total. The Hall–Kier alpha value is -11.7. The molecule has 0 unspecified atom stereocenters. The summed E-state index contributed by atoms with van der Waals surface area (Å²) in [5.74, 6) is 1.47. The van der Waals surface area contributed by atoms with Crippen LogP contribution in [0.15, 0.2) is 309 Å². The maximum atomic E-state index is 13.2. The highest BCUT2D eigenvalue weighted by Gasteiger charge is 2.36. The SMILES string of the molecule is CN(C)Cc1ccc(B2OCc3cc(F)ccc32)cc1.COc1ccc(B2OCc3cc(F)ccc32)cc1C.Cc1ccc(B2OCc3cc(F)ccc32)cc1.Cc1cccc(B2OCc3cc(F)ccc32)c1.Cc1cccc(B2OCc3cc(F)ccc32)c1.Fc1ccc2c(c1)COB2/C=C/c1ccccc1.Fc1ccc2c(c1)COB2c1ccccc1. The minimum Gasteiger partial charge on any atom is -0.496 e. The fourth-order valence-corrected chi connectivity index (χ4v) is 16.4. The molecule has 0 aromatic heterocycles. The topological polar surface area (TPSA) is 77.1 Å². The van der Waals surface area contributed by atoms with E-state index in [9.17, 15) is 30.7 Å². The van der Waals surface area contributed by atoms with Crippen molar-refractivity contribution in [1.29, 1.82) is 0 Å². The van der Waals surface area contributed by atoms with E-state index in [1.54, 1.807) is 55.6 Å². The molecule has 124 heavy (non-hydrogen) atoms. The Morgan fingerprint density at radius 1 is 0.290 bits per heavy atom. The zero-order valence-corrected chi connectivity index (χ0v) is 70.1. The number of fused-ring (bicyclic) bond motifs is 7. The lowest BCUT2D eigenvalue weighted by atomic mass is 9.55. The largest absolute Gasteiger partial charge is 0.496 e. The van der Waals surface area contributed by atoms with Crippen LogP contribution in [0.2, 0.25) is 0 Å². The van der Waals surface area contributed by atoms with E-state index in [1.807, 2.05) is 140 Å². The number of methoxy groups -OCH3 is 1. The van der Waals surface area contributed by atoms with Gasteiger partial charge in [-0.15, -0.1) is 0 Å². The second-order valence-corrected chi connectivity index (χ2v) is 31.9. The van der Waals surface area contributed by atoms with Crippen LogP contribution in [0.5, 0.6) is 5.75 Å². The Morgan fingerprint density at radius 3 is 0.935 bits per heavy atom. The third kappa shape index (κ3) is 21.7. The molecule has 0 saturated carbocycles. The van der Waals surface area contributed by atoms with E-state index in [2.05, 4.69) is 131 Å². The molecule has 0 N–H and O–H groups in total. The number of halogens is 7. The van der Waals surface area contributed by atoms with Crippen molar-refractivity contribution in [1.82, 2.24) is 4.90 Å². The molecule has 0 saturated heterocycles. The summed E-state index contributed by atoms with van der Waals surface area (Å²) < 4.78 is 137. The van der Waals surface area contributed by atoms with Crippen LogP contribution in [0.4, 0.5) is 30.7 Å². The van der Waals surface area contributed by atoms with Crippen molar-refractivity contribution in [2.75, 3.05) is 21.2 Å². The zero-order valence-electron chi connectivity index (χ0n) is 70.1. The van der Waals surface area contributed by atoms with Gasteiger partial charge in [-0.3, -0.25) is 0 Å². The van der Waals surface area contributed by atoms with Crippen LogP contribution in [-0.4, -0.2) is 74.5 Å². The summed E-state index contributed by atoms with van der Waals surface area (Å²) in [5, 5.41) is 0. The van der Waals surface area contributed by atoms with Crippen LogP contribution in [0.3, 0.4) is 0 Å². The van der Waals surface area contributed by atoms with Gasteiger partial charge in [-0.05, 0) is 259 Å².